The van der Waals surface area contributed by atoms with E-state index >= 15 is 0 Å². The molecule has 1 fully saturated rings. The van der Waals surface area contributed by atoms with E-state index in [2.05, 4.69) is 6.58 Å². The molecule has 0 aromatic heterocycles. The van der Waals surface area contributed by atoms with Crippen LogP contribution in [0.15, 0.2) is 30.9 Å². The van der Waals surface area contributed by atoms with Gasteiger partial charge in [-0.15, -0.1) is 6.58 Å². The molecule has 17 heavy (non-hydrogen) atoms. The van der Waals surface area contributed by atoms with Crippen molar-refractivity contribution in [2.75, 3.05) is 18.6 Å². The van der Waals surface area contributed by atoms with Gasteiger partial charge in [-0.25, -0.2) is 4.39 Å². The number of halogens is 1. The number of anilines is 1. The van der Waals surface area contributed by atoms with Crippen molar-refractivity contribution in [3.8, 4) is 5.75 Å². The third-order valence-corrected chi connectivity index (χ3v) is 2.93. The van der Waals surface area contributed by atoms with Crippen molar-refractivity contribution < 1.29 is 13.9 Å². The van der Waals surface area contributed by atoms with Crippen molar-refractivity contribution in [3.05, 3.63) is 36.7 Å². The molecule has 0 N–H and O–H groups in total. The zero-order valence-corrected chi connectivity index (χ0v) is 9.65. The van der Waals surface area contributed by atoms with Crippen molar-refractivity contribution in [1.29, 1.82) is 0 Å². The third-order valence-electron chi connectivity index (χ3n) is 2.93. The first kappa shape index (κ1) is 11.6. The number of benzene rings is 1. The van der Waals surface area contributed by atoms with Crippen LogP contribution in [0.25, 0.3) is 0 Å². The van der Waals surface area contributed by atoms with Crippen molar-refractivity contribution in [3.63, 3.8) is 0 Å². The van der Waals surface area contributed by atoms with E-state index in [9.17, 15) is 9.18 Å². The van der Waals surface area contributed by atoms with Gasteiger partial charge in [0.2, 0.25) is 5.91 Å². The largest absolute Gasteiger partial charge is 0.497 e. The summed E-state index contributed by atoms with van der Waals surface area (Å²) >= 11 is 0. The highest BCUT2D eigenvalue weighted by atomic mass is 19.1. The van der Waals surface area contributed by atoms with Crippen molar-refractivity contribution in [2.24, 2.45) is 5.92 Å². The fourth-order valence-corrected chi connectivity index (χ4v) is 1.95. The molecule has 0 spiro atoms. The highest BCUT2D eigenvalue weighted by Crippen LogP contribution is 2.30. The number of methoxy groups -OCH3 is 1. The molecule has 1 unspecified atom stereocenters. The summed E-state index contributed by atoms with van der Waals surface area (Å²) in [6.45, 7) is 4.14. The van der Waals surface area contributed by atoms with E-state index in [1.807, 2.05) is 0 Å². The minimum atomic E-state index is -0.413. The second-order valence-corrected chi connectivity index (χ2v) is 4.02. The first-order valence-corrected chi connectivity index (χ1v) is 5.42. The SMILES string of the molecule is C=CC1CC(=O)N(c2cc(OC)ccc2F)C1. The molecule has 0 radical (unpaired) electrons. The molecule has 3 nitrogen and oxygen atoms in total. The number of rotatable bonds is 3. The van der Waals surface area contributed by atoms with Crippen LogP contribution in [0.2, 0.25) is 0 Å². The summed E-state index contributed by atoms with van der Waals surface area (Å²) in [6, 6.07) is 4.38. The Morgan fingerprint density at radius 1 is 1.59 bits per heavy atom. The van der Waals surface area contributed by atoms with Crippen LogP contribution in [-0.2, 0) is 4.79 Å². The van der Waals surface area contributed by atoms with Gasteiger partial charge in [0.25, 0.3) is 0 Å². The zero-order chi connectivity index (χ0) is 12.4. The quantitative estimate of drug-likeness (QED) is 0.753. The number of ether oxygens (including phenoxy) is 1. The van der Waals surface area contributed by atoms with Crippen molar-refractivity contribution >= 4 is 11.6 Å². The molecule has 0 bridgehead atoms. The molecule has 0 saturated carbocycles. The molecule has 1 amide bonds. The summed E-state index contributed by atoms with van der Waals surface area (Å²) in [4.78, 5) is 13.2. The Morgan fingerprint density at radius 2 is 2.35 bits per heavy atom. The maximum atomic E-state index is 13.7. The van der Waals surface area contributed by atoms with Gasteiger partial charge in [0.15, 0.2) is 0 Å². The van der Waals surface area contributed by atoms with E-state index < -0.39 is 5.82 Å². The van der Waals surface area contributed by atoms with Crippen LogP contribution in [0.1, 0.15) is 6.42 Å². The third kappa shape index (κ3) is 2.16. The van der Waals surface area contributed by atoms with Gasteiger partial charge in [-0.05, 0) is 12.1 Å². The van der Waals surface area contributed by atoms with Crippen LogP contribution < -0.4 is 9.64 Å². The van der Waals surface area contributed by atoms with Crippen LogP contribution in [0.5, 0.6) is 5.75 Å². The van der Waals surface area contributed by atoms with Crippen molar-refractivity contribution in [1.82, 2.24) is 0 Å². The van der Waals surface area contributed by atoms with E-state index in [1.54, 1.807) is 12.1 Å². The number of hydrogen-bond donors (Lipinski definition) is 0. The number of carbonyl (C=O) groups is 1. The molecular formula is C13H14FNO2. The van der Waals surface area contributed by atoms with E-state index in [0.29, 0.717) is 18.7 Å². The molecular weight excluding hydrogens is 221 g/mol. The number of hydrogen-bond acceptors (Lipinski definition) is 2. The Hall–Kier alpha value is -1.84. The lowest BCUT2D eigenvalue weighted by atomic mass is 10.1. The standard InChI is InChI=1S/C13H14FNO2/c1-3-9-6-13(16)15(8-9)12-7-10(17-2)4-5-11(12)14/h3-5,7,9H,1,6,8H2,2H3. The van der Waals surface area contributed by atoms with Gasteiger partial charge >= 0.3 is 0 Å². The summed E-state index contributed by atoms with van der Waals surface area (Å²) in [7, 11) is 1.51. The van der Waals surface area contributed by atoms with Crippen LogP contribution in [-0.4, -0.2) is 19.6 Å². The van der Waals surface area contributed by atoms with E-state index in [1.165, 1.54) is 24.1 Å². The molecule has 1 aliphatic rings. The second kappa shape index (κ2) is 4.57. The fourth-order valence-electron chi connectivity index (χ4n) is 1.95. The molecule has 1 heterocycles. The summed E-state index contributed by atoms with van der Waals surface area (Å²) < 4.78 is 18.7. The maximum Gasteiger partial charge on any atom is 0.227 e. The number of amides is 1. The predicted octanol–water partition coefficient (Wildman–Crippen LogP) is 2.37. The first-order chi connectivity index (χ1) is 8.15. The zero-order valence-electron chi connectivity index (χ0n) is 9.65. The lowest BCUT2D eigenvalue weighted by molar-refractivity contribution is -0.117. The Balaban J connectivity index is 2.33. The molecule has 1 aliphatic heterocycles. The van der Waals surface area contributed by atoms with E-state index in [-0.39, 0.29) is 17.5 Å². The molecule has 4 heteroatoms. The van der Waals surface area contributed by atoms with Gasteiger partial charge in [0.1, 0.15) is 11.6 Å². The molecule has 2 rings (SSSR count). The van der Waals surface area contributed by atoms with Crippen LogP contribution >= 0.6 is 0 Å². The minimum Gasteiger partial charge on any atom is -0.497 e. The summed E-state index contributed by atoms with van der Waals surface area (Å²) in [5, 5.41) is 0. The number of carbonyl (C=O) groups excluding carboxylic acids is 1. The maximum absolute atomic E-state index is 13.7. The lowest BCUT2D eigenvalue weighted by Gasteiger charge is -2.17. The molecule has 1 saturated heterocycles. The van der Waals surface area contributed by atoms with Crippen LogP contribution in [0.3, 0.4) is 0 Å². The Bertz CT molecular complexity index is 459. The summed E-state index contributed by atoms with van der Waals surface area (Å²) in [5.41, 5.74) is 0.277. The van der Waals surface area contributed by atoms with Crippen molar-refractivity contribution in [2.45, 2.75) is 6.42 Å². The fraction of sp³-hybridized carbons (Fsp3) is 0.308. The Labute approximate surface area is 99.5 Å². The highest BCUT2D eigenvalue weighted by Gasteiger charge is 2.30. The smallest absolute Gasteiger partial charge is 0.227 e. The topological polar surface area (TPSA) is 29.5 Å². The minimum absolute atomic E-state index is 0.0814. The van der Waals surface area contributed by atoms with Crippen LogP contribution in [0, 0.1) is 11.7 Å². The van der Waals surface area contributed by atoms with Gasteiger partial charge in [-0.3, -0.25) is 4.79 Å². The Kier molecular flexibility index (Phi) is 3.13. The van der Waals surface area contributed by atoms with E-state index in [0.717, 1.165) is 0 Å². The van der Waals surface area contributed by atoms with Gasteiger partial charge < -0.3 is 9.64 Å². The normalized spacial score (nSPS) is 19.5. The van der Waals surface area contributed by atoms with Crippen LogP contribution in [0.4, 0.5) is 10.1 Å². The predicted molar refractivity (Wildman–Crippen MR) is 63.6 cm³/mol. The summed E-state index contributed by atoms with van der Waals surface area (Å²) in [5.74, 6) is 0.135. The first-order valence-electron chi connectivity index (χ1n) is 5.42. The van der Waals surface area contributed by atoms with Gasteiger partial charge in [-0.2, -0.15) is 0 Å². The van der Waals surface area contributed by atoms with Gasteiger partial charge in [0, 0.05) is 24.9 Å². The molecule has 1 atom stereocenters. The molecule has 90 valence electrons. The van der Waals surface area contributed by atoms with Gasteiger partial charge in [-0.1, -0.05) is 6.08 Å². The average Bonchev–Trinajstić information content (AvgIpc) is 2.71. The molecule has 1 aromatic carbocycles. The Morgan fingerprint density at radius 3 is 2.94 bits per heavy atom. The molecule has 0 aliphatic carbocycles. The monoisotopic (exact) mass is 235 g/mol. The lowest BCUT2D eigenvalue weighted by Crippen LogP contribution is -2.25. The van der Waals surface area contributed by atoms with E-state index in [4.69, 9.17) is 4.74 Å². The highest BCUT2D eigenvalue weighted by molar-refractivity contribution is 5.96. The molecule has 1 aromatic rings. The average molecular weight is 235 g/mol. The second-order valence-electron chi connectivity index (χ2n) is 4.02. The van der Waals surface area contributed by atoms with Gasteiger partial charge in [0.05, 0.1) is 12.8 Å². The number of nitrogens with zero attached hydrogens (tertiary/aromatic N) is 1. The summed E-state index contributed by atoms with van der Waals surface area (Å²) in [6.07, 6.45) is 2.12.